The lowest BCUT2D eigenvalue weighted by Crippen LogP contribution is -2.12. The van der Waals surface area contributed by atoms with Crippen LogP contribution < -0.4 is 15.2 Å². The summed E-state index contributed by atoms with van der Waals surface area (Å²) in [5.41, 5.74) is 9.35. The van der Waals surface area contributed by atoms with E-state index in [1.165, 1.54) is 7.11 Å². The minimum atomic E-state index is -0.247. The van der Waals surface area contributed by atoms with Crippen LogP contribution in [0, 0.1) is 6.92 Å². The Hall–Kier alpha value is -3.16. The highest BCUT2D eigenvalue weighted by Crippen LogP contribution is 2.49. The molecule has 0 spiro atoms. The molecule has 0 amide bonds. The third kappa shape index (κ3) is 1.84. The monoisotopic (exact) mass is 313 g/mol. The Kier molecular flexibility index (Phi) is 2.74. The van der Waals surface area contributed by atoms with Gasteiger partial charge in [-0.25, -0.2) is 0 Å². The maximum absolute atomic E-state index is 10.1. The van der Waals surface area contributed by atoms with E-state index in [1.54, 1.807) is 12.1 Å². The van der Waals surface area contributed by atoms with E-state index >= 15 is 0 Å². The normalized spacial score (nSPS) is 15.7. The summed E-state index contributed by atoms with van der Waals surface area (Å²) in [6.45, 7) is 1.91. The lowest BCUT2D eigenvalue weighted by atomic mass is 9.84. The van der Waals surface area contributed by atoms with Crippen LogP contribution in [0.4, 0.5) is 5.82 Å². The molecule has 0 aliphatic carbocycles. The second-order valence-electron chi connectivity index (χ2n) is 5.39. The topological polar surface area (TPSA) is 122 Å². The number of anilines is 1. The average molecular weight is 313 g/mol. The zero-order valence-corrected chi connectivity index (χ0v) is 12.5. The number of hydrogen-bond donors (Lipinski definition) is 4. The Labute approximate surface area is 131 Å². The van der Waals surface area contributed by atoms with Gasteiger partial charge in [0.15, 0.2) is 11.5 Å². The molecule has 2 aromatic heterocycles. The number of aryl methyl sites for hydroxylation is 1. The molecule has 1 aromatic carbocycles. The summed E-state index contributed by atoms with van der Waals surface area (Å²) in [4.78, 5) is 0. The molecule has 0 fully saturated rings. The van der Waals surface area contributed by atoms with Crippen LogP contribution in [0.15, 0.2) is 18.2 Å². The summed E-state index contributed by atoms with van der Waals surface area (Å²) >= 11 is 0. The Morgan fingerprint density at radius 3 is 2.70 bits per heavy atom. The molecule has 1 aliphatic rings. The van der Waals surface area contributed by atoms with Crippen molar-refractivity contribution >= 4 is 5.82 Å². The first-order valence-corrected chi connectivity index (χ1v) is 7.03. The number of nitrogens with one attached hydrogen (secondary N) is 2. The van der Waals surface area contributed by atoms with E-state index in [1.807, 2.05) is 13.0 Å². The summed E-state index contributed by atoms with van der Waals surface area (Å²) in [5.74, 6) is 1.49. The van der Waals surface area contributed by atoms with E-state index in [9.17, 15) is 5.11 Å². The van der Waals surface area contributed by atoms with Gasteiger partial charge in [-0.3, -0.25) is 10.2 Å². The van der Waals surface area contributed by atoms with Crippen LogP contribution in [0.1, 0.15) is 28.3 Å². The first kappa shape index (κ1) is 13.5. The van der Waals surface area contributed by atoms with Crippen LogP contribution in [0.3, 0.4) is 0 Å². The van der Waals surface area contributed by atoms with E-state index < -0.39 is 0 Å². The van der Waals surface area contributed by atoms with Gasteiger partial charge in [-0.15, -0.1) is 10.2 Å². The van der Waals surface area contributed by atoms with Crippen molar-refractivity contribution in [3.8, 4) is 23.3 Å². The highest BCUT2D eigenvalue weighted by Gasteiger charge is 2.36. The van der Waals surface area contributed by atoms with E-state index in [0.717, 1.165) is 22.4 Å². The predicted octanol–water partition coefficient (Wildman–Crippen LogP) is 2.02. The molecule has 3 heterocycles. The smallest absolute Gasteiger partial charge is 0.246 e. The number of phenols is 1. The zero-order chi connectivity index (χ0) is 16.1. The maximum Gasteiger partial charge on any atom is 0.246 e. The number of rotatable bonds is 2. The van der Waals surface area contributed by atoms with Crippen LogP contribution >= 0.6 is 0 Å². The number of hydrogen-bond acceptors (Lipinski definition) is 6. The van der Waals surface area contributed by atoms with E-state index in [0.29, 0.717) is 23.3 Å². The number of nitrogens with zero attached hydrogens (tertiary/aromatic N) is 2. The maximum atomic E-state index is 10.1. The molecule has 118 valence electrons. The summed E-state index contributed by atoms with van der Waals surface area (Å²) < 4.78 is 10.8. The van der Waals surface area contributed by atoms with Gasteiger partial charge in [-0.1, -0.05) is 6.07 Å². The van der Waals surface area contributed by atoms with Gasteiger partial charge in [0.05, 0.1) is 18.6 Å². The zero-order valence-electron chi connectivity index (χ0n) is 12.5. The fourth-order valence-electron chi connectivity index (χ4n) is 2.99. The third-order valence-electron chi connectivity index (χ3n) is 4.06. The molecule has 3 aromatic rings. The van der Waals surface area contributed by atoms with Gasteiger partial charge >= 0.3 is 0 Å². The fraction of sp³-hybridized carbons (Fsp3) is 0.200. The van der Waals surface area contributed by atoms with Crippen molar-refractivity contribution < 1.29 is 14.6 Å². The van der Waals surface area contributed by atoms with Gasteiger partial charge in [0, 0.05) is 11.3 Å². The summed E-state index contributed by atoms with van der Waals surface area (Å²) in [6, 6.07) is 5.24. The largest absolute Gasteiger partial charge is 0.504 e. The van der Waals surface area contributed by atoms with Crippen molar-refractivity contribution in [2.75, 3.05) is 12.8 Å². The van der Waals surface area contributed by atoms with Crippen molar-refractivity contribution in [2.45, 2.75) is 12.8 Å². The van der Waals surface area contributed by atoms with Crippen LogP contribution in [0.5, 0.6) is 23.3 Å². The molecular weight excluding hydrogens is 298 g/mol. The summed E-state index contributed by atoms with van der Waals surface area (Å²) in [5, 5.41) is 24.0. The molecule has 23 heavy (non-hydrogen) atoms. The number of aromatic amines is 2. The number of aromatic nitrogens is 4. The molecule has 1 unspecified atom stereocenters. The number of methoxy groups -OCH3 is 1. The predicted molar refractivity (Wildman–Crippen MR) is 82.0 cm³/mol. The van der Waals surface area contributed by atoms with Gasteiger partial charge in [0.1, 0.15) is 5.82 Å². The molecule has 0 saturated heterocycles. The van der Waals surface area contributed by atoms with E-state index in [2.05, 4.69) is 20.4 Å². The van der Waals surface area contributed by atoms with Crippen LogP contribution in [-0.4, -0.2) is 32.6 Å². The third-order valence-corrected chi connectivity index (χ3v) is 4.06. The van der Waals surface area contributed by atoms with Gasteiger partial charge in [-0.05, 0) is 24.6 Å². The molecule has 8 nitrogen and oxygen atoms in total. The van der Waals surface area contributed by atoms with E-state index in [-0.39, 0.29) is 11.7 Å². The van der Waals surface area contributed by atoms with Crippen LogP contribution in [0.25, 0.3) is 0 Å². The lowest BCUT2D eigenvalue weighted by molar-refractivity contribution is 0.372. The van der Waals surface area contributed by atoms with Gasteiger partial charge in [0.25, 0.3) is 0 Å². The van der Waals surface area contributed by atoms with Crippen LogP contribution in [-0.2, 0) is 0 Å². The Morgan fingerprint density at radius 2 is 1.96 bits per heavy atom. The second-order valence-corrected chi connectivity index (χ2v) is 5.39. The molecular formula is C15H15N5O3. The summed E-state index contributed by atoms with van der Waals surface area (Å²) in [6.07, 6.45) is 0. The van der Waals surface area contributed by atoms with Crippen LogP contribution in [0.2, 0.25) is 0 Å². The first-order valence-electron chi connectivity index (χ1n) is 7.03. The average Bonchev–Trinajstić information content (AvgIpc) is 3.09. The summed E-state index contributed by atoms with van der Waals surface area (Å²) in [7, 11) is 1.51. The number of benzene rings is 1. The number of nitrogen functional groups attached to an aromatic ring is 1. The fourth-order valence-corrected chi connectivity index (χ4v) is 2.99. The van der Waals surface area contributed by atoms with Crippen molar-refractivity contribution in [1.82, 2.24) is 20.4 Å². The quantitative estimate of drug-likeness (QED) is 0.449. The standard InChI is InChI=1S/C15H15N5O3/c1-6-10-11(7-3-4-9(22-2)8(21)5-7)12-13(16)18-20-15(12)23-14(10)19-17-6/h3-5,11,21H,1-2H3,(H,17,19)(H3,16,18,20). The van der Waals surface area contributed by atoms with Gasteiger partial charge in [-0.2, -0.15) is 0 Å². The highest BCUT2D eigenvalue weighted by molar-refractivity contribution is 5.63. The van der Waals surface area contributed by atoms with Crippen molar-refractivity contribution in [3.05, 3.63) is 40.6 Å². The molecule has 0 saturated carbocycles. The molecule has 4 rings (SSSR count). The van der Waals surface area contributed by atoms with Crippen molar-refractivity contribution in [2.24, 2.45) is 0 Å². The first-order chi connectivity index (χ1) is 11.1. The number of phenolic OH excluding ortho intramolecular Hbond substituents is 1. The minimum absolute atomic E-state index is 0.0582. The highest BCUT2D eigenvalue weighted by atomic mass is 16.5. The lowest BCUT2D eigenvalue weighted by Gasteiger charge is -2.23. The van der Waals surface area contributed by atoms with Gasteiger partial charge in [0.2, 0.25) is 11.8 Å². The second kappa shape index (κ2) is 4.67. The Bertz CT molecular complexity index is 852. The molecule has 0 radical (unpaired) electrons. The molecule has 8 heteroatoms. The minimum Gasteiger partial charge on any atom is -0.504 e. The molecule has 5 N–H and O–H groups in total. The number of aromatic hydroxyl groups is 1. The molecule has 0 bridgehead atoms. The molecule has 1 atom stereocenters. The number of ether oxygens (including phenoxy) is 2. The Morgan fingerprint density at radius 1 is 1.22 bits per heavy atom. The van der Waals surface area contributed by atoms with E-state index in [4.69, 9.17) is 15.2 Å². The van der Waals surface area contributed by atoms with Crippen molar-refractivity contribution in [1.29, 1.82) is 0 Å². The number of fused-ring (bicyclic) bond motifs is 2. The number of H-pyrrole nitrogens is 2. The number of nitrogens with two attached hydrogens (primary N) is 1. The molecule has 1 aliphatic heterocycles. The van der Waals surface area contributed by atoms with Gasteiger partial charge < -0.3 is 20.3 Å². The Balaban J connectivity index is 1.95. The SMILES string of the molecule is COc1ccc(C2c3c(n[nH]c3C)Oc3n[nH]c(N)c32)cc1O. The van der Waals surface area contributed by atoms with Crippen molar-refractivity contribution in [3.63, 3.8) is 0 Å².